The van der Waals surface area contributed by atoms with Crippen LogP contribution < -0.4 is 10.2 Å². The number of nitrogens with one attached hydrogen (secondary N) is 1. The van der Waals surface area contributed by atoms with Crippen molar-refractivity contribution in [1.82, 2.24) is 15.3 Å². The first-order chi connectivity index (χ1) is 12.0. The van der Waals surface area contributed by atoms with Gasteiger partial charge < -0.3 is 10.2 Å². The van der Waals surface area contributed by atoms with Crippen molar-refractivity contribution in [3.63, 3.8) is 0 Å². The van der Waals surface area contributed by atoms with Crippen LogP contribution in [0.4, 0.5) is 5.69 Å². The summed E-state index contributed by atoms with van der Waals surface area (Å²) < 4.78 is 0. The molecule has 0 radical (unpaired) electrons. The molecule has 3 rings (SSSR count). The Hall–Kier alpha value is -2.76. The maximum Gasteiger partial charge on any atom is 0.227 e. The molecule has 1 aliphatic heterocycles. The molecule has 2 amide bonds. The van der Waals surface area contributed by atoms with Gasteiger partial charge in [0.1, 0.15) is 6.33 Å². The highest BCUT2D eigenvalue weighted by atomic mass is 16.2. The Kier molecular flexibility index (Phi) is 5.07. The first kappa shape index (κ1) is 17.1. The minimum Gasteiger partial charge on any atom is -0.355 e. The lowest BCUT2D eigenvalue weighted by Gasteiger charge is -2.18. The van der Waals surface area contributed by atoms with Crippen LogP contribution >= 0.6 is 0 Å². The van der Waals surface area contributed by atoms with Gasteiger partial charge in [-0.05, 0) is 49.1 Å². The van der Waals surface area contributed by atoms with Crippen LogP contribution in [0.25, 0.3) is 0 Å². The second kappa shape index (κ2) is 7.42. The number of benzene rings is 1. The van der Waals surface area contributed by atoms with Crippen LogP contribution in [0.1, 0.15) is 23.1 Å². The second-order valence-corrected chi connectivity index (χ2v) is 6.46. The van der Waals surface area contributed by atoms with E-state index in [1.54, 1.807) is 17.3 Å². The number of hydrogen-bond donors (Lipinski definition) is 1. The Labute approximate surface area is 147 Å². The summed E-state index contributed by atoms with van der Waals surface area (Å²) in [5.41, 5.74) is 4.17. The molecule has 1 saturated heterocycles. The van der Waals surface area contributed by atoms with Crippen LogP contribution in [-0.2, 0) is 16.0 Å². The van der Waals surface area contributed by atoms with Gasteiger partial charge in [-0.3, -0.25) is 9.59 Å². The van der Waals surface area contributed by atoms with Gasteiger partial charge >= 0.3 is 0 Å². The summed E-state index contributed by atoms with van der Waals surface area (Å²) in [4.78, 5) is 34.3. The summed E-state index contributed by atoms with van der Waals surface area (Å²) in [6.07, 6.45) is 5.88. The summed E-state index contributed by atoms with van der Waals surface area (Å²) >= 11 is 0. The lowest BCUT2D eigenvalue weighted by atomic mass is 10.1. The van der Waals surface area contributed by atoms with E-state index in [-0.39, 0.29) is 24.2 Å². The summed E-state index contributed by atoms with van der Waals surface area (Å²) in [5.74, 6) is -0.377. The molecule has 2 heterocycles. The van der Waals surface area contributed by atoms with Crippen molar-refractivity contribution in [2.75, 3.05) is 18.0 Å². The van der Waals surface area contributed by atoms with E-state index in [0.717, 1.165) is 16.8 Å². The van der Waals surface area contributed by atoms with E-state index in [1.165, 1.54) is 11.9 Å². The number of anilines is 1. The number of carbonyl (C=O) groups is 2. The summed E-state index contributed by atoms with van der Waals surface area (Å²) in [6, 6.07) is 5.95. The molecule has 25 heavy (non-hydrogen) atoms. The van der Waals surface area contributed by atoms with Crippen LogP contribution in [0, 0.1) is 19.8 Å². The topological polar surface area (TPSA) is 75.2 Å². The largest absolute Gasteiger partial charge is 0.355 e. The minimum absolute atomic E-state index is 0.000127. The normalized spacial score (nSPS) is 17.0. The molecular formula is C19H22N4O2. The average molecular weight is 338 g/mol. The van der Waals surface area contributed by atoms with Crippen molar-refractivity contribution < 1.29 is 9.59 Å². The zero-order valence-corrected chi connectivity index (χ0v) is 14.5. The SMILES string of the molecule is Cc1ccc(N2CC(C(=O)NCCc3cncnc3)CC2=O)cc1C. The molecule has 1 atom stereocenters. The number of hydrogen-bond acceptors (Lipinski definition) is 4. The van der Waals surface area contributed by atoms with Gasteiger partial charge in [0.05, 0.1) is 5.92 Å². The smallest absolute Gasteiger partial charge is 0.227 e. The van der Waals surface area contributed by atoms with E-state index >= 15 is 0 Å². The lowest BCUT2D eigenvalue weighted by Crippen LogP contribution is -2.34. The maximum absolute atomic E-state index is 12.4. The number of aromatic nitrogens is 2. The molecule has 1 fully saturated rings. The van der Waals surface area contributed by atoms with Crippen LogP contribution in [0.5, 0.6) is 0 Å². The van der Waals surface area contributed by atoms with Crippen LogP contribution in [0.3, 0.4) is 0 Å². The molecule has 1 aliphatic rings. The fourth-order valence-corrected chi connectivity index (χ4v) is 2.96. The van der Waals surface area contributed by atoms with E-state index in [2.05, 4.69) is 15.3 Å². The van der Waals surface area contributed by atoms with Crippen molar-refractivity contribution in [2.45, 2.75) is 26.7 Å². The molecule has 2 aromatic rings. The quantitative estimate of drug-likeness (QED) is 0.902. The van der Waals surface area contributed by atoms with Gasteiger partial charge in [-0.25, -0.2) is 9.97 Å². The van der Waals surface area contributed by atoms with E-state index in [4.69, 9.17) is 0 Å². The molecule has 1 unspecified atom stereocenters. The van der Waals surface area contributed by atoms with E-state index in [1.807, 2.05) is 32.0 Å². The Morgan fingerprint density at radius 1 is 1.24 bits per heavy atom. The number of amides is 2. The highest BCUT2D eigenvalue weighted by Gasteiger charge is 2.35. The zero-order chi connectivity index (χ0) is 17.8. The first-order valence-electron chi connectivity index (χ1n) is 8.44. The Morgan fingerprint density at radius 2 is 2.00 bits per heavy atom. The Morgan fingerprint density at radius 3 is 2.72 bits per heavy atom. The number of nitrogens with zero attached hydrogens (tertiary/aromatic N) is 3. The molecular weight excluding hydrogens is 316 g/mol. The fraction of sp³-hybridized carbons (Fsp3) is 0.368. The third kappa shape index (κ3) is 4.02. The average Bonchev–Trinajstić information content (AvgIpc) is 3.00. The first-order valence-corrected chi connectivity index (χ1v) is 8.44. The summed E-state index contributed by atoms with van der Waals surface area (Å²) in [6.45, 7) is 5.01. The van der Waals surface area contributed by atoms with Gasteiger partial charge in [0, 0.05) is 37.6 Å². The fourth-order valence-electron chi connectivity index (χ4n) is 2.96. The third-order valence-electron chi connectivity index (χ3n) is 4.62. The van der Waals surface area contributed by atoms with Crippen molar-refractivity contribution in [2.24, 2.45) is 5.92 Å². The van der Waals surface area contributed by atoms with Crippen molar-refractivity contribution in [1.29, 1.82) is 0 Å². The van der Waals surface area contributed by atoms with Crippen molar-refractivity contribution in [3.8, 4) is 0 Å². The standard InChI is InChI=1S/C19H22N4O2/c1-13-3-4-17(7-14(13)2)23-11-16(8-18(23)24)19(25)22-6-5-15-9-20-12-21-10-15/h3-4,7,9-10,12,16H,5-6,8,11H2,1-2H3,(H,22,25). The molecule has 0 saturated carbocycles. The highest BCUT2D eigenvalue weighted by molar-refractivity contribution is 6.00. The molecule has 1 N–H and O–H groups in total. The monoisotopic (exact) mass is 338 g/mol. The van der Waals surface area contributed by atoms with Crippen LogP contribution in [-0.4, -0.2) is 34.9 Å². The predicted molar refractivity (Wildman–Crippen MR) is 95.1 cm³/mol. The van der Waals surface area contributed by atoms with E-state index < -0.39 is 0 Å². The Balaban J connectivity index is 1.56. The van der Waals surface area contributed by atoms with Gasteiger partial charge in [-0.1, -0.05) is 6.07 Å². The number of carbonyl (C=O) groups excluding carboxylic acids is 2. The van der Waals surface area contributed by atoms with Crippen molar-refractivity contribution in [3.05, 3.63) is 53.6 Å². The van der Waals surface area contributed by atoms with Crippen molar-refractivity contribution >= 4 is 17.5 Å². The van der Waals surface area contributed by atoms with Crippen LogP contribution in [0.2, 0.25) is 0 Å². The number of rotatable bonds is 5. The molecule has 6 nitrogen and oxygen atoms in total. The van der Waals surface area contributed by atoms with Gasteiger partial charge in [-0.15, -0.1) is 0 Å². The zero-order valence-electron chi connectivity index (χ0n) is 14.5. The number of aryl methyl sites for hydroxylation is 2. The van der Waals surface area contributed by atoms with Gasteiger partial charge in [0.25, 0.3) is 0 Å². The van der Waals surface area contributed by atoms with Gasteiger partial charge in [-0.2, -0.15) is 0 Å². The lowest BCUT2D eigenvalue weighted by molar-refractivity contribution is -0.126. The predicted octanol–water partition coefficient (Wildman–Crippen LogP) is 1.81. The van der Waals surface area contributed by atoms with Gasteiger partial charge in [0.15, 0.2) is 0 Å². The third-order valence-corrected chi connectivity index (χ3v) is 4.62. The minimum atomic E-state index is -0.305. The highest BCUT2D eigenvalue weighted by Crippen LogP contribution is 2.26. The molecule has 0 aliphatic carbocycles. The molecule has 130 valence electrons. The van der Waals surface area contributed by atoms with Crippen LogP contribution in [0.15, 0.2) is 36.9 Å². The summed E-state index contributed by atoms with van der Waals surface area (Å²) in [5, 5.41) is 2.91. The Bertz CT molecular complexity index is 776. The van der Waals surface area contributed by atoms with E-state index in [9.17, 15) is 9.59 Å². The molecule has 1 aromatic carbocycles. The molecule has 0 bridgehead atoms. The molecule has 6 heteroatoms. The van der Waals surface area contributed by atoms with E-state index in [0.29, 0.717) is 19.5 Å². The second-order valence-electron chi connectivity index (χ2n) is 6.46. The molecule has 1 aromatic heterocycles. The molecule has 0 spiro atoms. The van der Waals surface area contributed by atoms with Gasteiger partial charge in [0.2, 0.25) is 11.8 Å². The maximum atomic E-state index is 12.4. The summed E-state index contributed by atoms with van der Waals surface area (Å²) in [7, 11) is 0.